The van der Waals surface area contributed by atoms with Crippen LogP contribution < -0.4 is 5.32 Å². The van der Waals surface area contributed by atoms with Crippen LogP contribution >= 0.6 is 0 Å². The first-order valence-corrected chi connectivity index (χ1v) is 7.16. The summed E-state index contributed by atoms with van der Waals surface area (Å²) in [7, 11) is 0. The normalized spacial score (nSPS) is 21.0. The van der Waals surface area contributed by atoms with Gasteiger partial charge in [-0.05, 0) is 51.9 Å². The van der Waals surface area contributed by atoms with E-state index in [0.29, 0.717) is 6.04 Å². The first-order chi connectivity index (χ1) is 8.69. The molecule has 18 heavy (non-hydrogen) atoms. The summed E-state index contributed by atoms with van der Waals surface area (Å²) >= 11 is 0. The van der Waals surface area contributed by atoms with Gasteiger partial charge in [-0.15, -0.1) is 0 Å². The van der Waals surface area contributed by atoms with Gasteiger partial charge < -0.3 is 10.2 Å². The standard InChI is InChI=1S/C14H26N4/c1-4-17-7-5-13(11-17)9-15-10-14-6-8-18(16-14)12(2)3/h6,8,12-13,15H,4-5,7,9-11H2,1-3H3. The molecule has 1 aliphatic rings. The lowest BCUT2D eigenvalue weighted by molar-refractivity contribution is 0.338. The highest BCUT2D eigenvalue weighted by molar-refractivity contribution is 4.99. The topological polar surface area (TPSA) is 33.1 Å². The van der Waals surface area contributed by atoms with E-state index in [4.69, 9.17) is 0 Å². The Morgan fingerprint density at radius 2 is 2.33 bits per heavy atom. The molecule has 0 aliphatic carbocycles. The summed E-state index contributed by atoms with van der Waals surface area (Å²) in [6, 6.07) is 2.56. The molecule has 0 bridgehead atoms. The van der Waals surface area contributed by atoms with Crippen molar-refractivity contribution in [2.24, 2.45) is 5.92 Å². The van der Waals surface area contributed by atoms with E-state index in [1.54, 1.807) is 0 Å². The maximum Gasteiger partial charge on any atom is 0.0762 e. The molecule has 0 radical (unpaired) electrons. The fraction of sp³-hybridized carbons (Fsp3) is 0.786. The van der Waals surface area contributed by atoms with Crippen molar-refractivity contribution in [3.63, 3.8) is 0 Å². The zero-order valence-electron chi connectivity index (χ0n) is 11.9. The van der Waals surface area contributed by atoms with Crippen molar-refractivity contribution in [3.05, 3.63) is 18.0 Å². The van der Waals surface area contributed by atoms with Gasteiger partial charge in [0.05, 0.1) is 5.69 Å². The Hall–Kier alpha value is -0.870. The van der Waals surface area contributed by atoms with E-state index in [2.05, 4.69) is 48.3 Å². The lowest BCUT2D eigenvalue weighted by atomic mass is 10.1. The average Bonchev–Trinajstić information content (AvgIpc) is 2.97. The Balaban J connectivity index is 1.69. The van der Waals surface area contributed by atoms with Crippen LogP contribution in [0.25, 0.3) is 0 Å². The smallest absolute Gasteiger partial charge is 0.0762 e. The molecule has 4 nitrogen and oxygen atoms in total. The van der Waals surface area contributed by atoms with Crippen LogP contribution in [0.15, 0.2) is 12.3 Å². The van der Waals surface area contributed by atoms with E-state index in [9.17, 15) is 0 Å². The second-order valence-electron chi connectivity index (χ2n) is 5.56. The maximum atomic E-state index is 4.55. The third-order valence-corrected chi connectivity index (χ3v) is 3.75. The molecule has 4 heteroatoms. The first kappa shape index (κ1) is 13.6. The highest BCUT2D eigenvalue weighted by Crippen LogP contribution is 2.14. The summed E-state index contributed by atoms with van der Waals surface area (Å²) in [6.45, 7) is 12.3. The molecule has 1 unspecified atom stereocenters. The van der Waals surface area contributed by atoms with Crippen LogP contribution in [0.4, 0.5) is 0 Å². The van der Waals surface area contributed by atoms with Crippen molar-refractivity contribution < 1.29 is 0 Å². The molecule has 1 atom stereocenters. The zero-order valence-corrected chi connectivity index (χ0v) is 11.9. The van der Waals surface area contributed by atoms with Gasteiger partial charge in [-0.2, -0.15) is 5.10 Å². The van der Waals surface area contributed by atoms with Crippen LogP contribution in [0.5, 0.6) is 0 Å². The molecule has 0 saturated carbocycles. The summed E-state index contributed by atoms with van der Waals surface area (Å²) in [5.41, 5.74) is 1.15. The lowest BCUT2D eigenvalue weighted by Crippen LogP contribution is -2.26. The molecule has 1 aromatic heterocycles. The molecule has 1 aliphatic heterocycles. The minimum absolute atomic E-state index is 0.451. The van der Waals surface area contributed by atoms with E-state index in [-0.39, 0.29) is 0 Å². The summed E-state index contributed by atoms with van der Waals surface area (Å²) in [6.07, 6.45) is 3.40. The third-order valence-electron chi connectivity index (χ3n) is 3.75. The van der Waals surface area contributed by atoms with Crippen molar-refractivity contribution in [2.75, 3.05) is 26.2 Å². The molecule has 0 amide bonds. The molecule has 0 aromatic carbocycles. The van der Waals surface area contributed by atoms with E-state index in [1.807, 2.05) is 4.68 Å². The molecule has 1 N–H and O–H groups in total. The summed E-state index contributed by atoms with van der Waals surface area (Å²) in [5, 5.41) is 8.09. The zero-order chi connectivity index (χ0) is 13.0. The van der Waals surface area contributed by atoms with E-state index < -0.39 is 0 Å². The van der Waals surface area contributed by atoms with Crippen molar-refractivity contribution in [3.8, 4) is 0 Å². The molecule has 1 aromatic rings. The molecule has 1 fully saturated rings. The second kappa shape index (κ2) is 6.34. The van der Waals surface area contributed by atoms with Gasteiger partial charge in [-0.3, -0.25) is 4.68 Å². The van der Waals surface area contributed by atoms with E-state index in [1.165, 1.54) is 26.1 Å². The second-order valence-corrected chi connectivity index (χ2v) is 5.56. The molecule has 2 heterocycles. The van der Waals surface area contributed by atoms with Crippen LogP contribution in [0.2, 0.25) is 0 Å². The van der Waals surface area contributed by atoms with Crippen LogP contribution in [0.1, 0.15) is 38.9 Å². The van der Waals surface area contributed by atoms with Crippen LogP contribution in [-0.2, 0) is 6.54 Å². The quantitative estimate of drug-likeness (QED) is 0.837. The predicted octanol–water partition coefficient (Wildman–Crippen LogP) is 1.90. The lowest BCUT2D eigenvalue weighted by Gasteiger charge is -2.13. The largest absolute Gasteiger partial charge is 0.311 e. The molecule has 1 saturated heterocycles. The summed E-state index contributed by atoms with van der Waals surface area (Å²) < 4.78 is 2.02. The van der Waals surface area contributed by atoms with Gasteiger partial charge in [0.15, 0.2) is 0 Å². The van der Waals surface area contributed by atoms with Crippen LogP contribution in [0, 0.1) is 5.92 Å². The van der Waals surface area contributed by atoms with Gasteiger partial charge in [0.25, 0.3) is 0 Å². The number of aromatic nitrogens is 2. The van der Waals surface area contributed by atoms with Gasteiger partial charge in [-0.25, -0.2) is 0 Å². The van der Waals surface area contributed by atoms with Gasteiger partial charge in [0.1, 0.15) is 0 Å². The number of nitrogens with zero attached hydrogens (tertiary/aromatic N) is 3. The highest BCUT2D eigenvalue weighted by Gasteiger charge is 2.20. The minimum Gasteiger partial charge on any atom is -0.311 e. The Morgan fingerprint density at radius 1 is 1.50 bits per heavy atom. The Kier molecular flexibility index (Phi) is 4.78. The predicted molar refractivity (Wildman–Crippen MR) is 74.5 cm³/mol. The number of rotatable bonds is 6. The molecule has 102 valence electrons. The number of hydrogen-bond donors (Lipinski definition) is 1. The van der Waals surface area contributed by atoms with E-state index in [0.717, 1.165) is 24.7 Å². The Bertz CT molecular complexity index is 358. The van der Waals surface area contributed by atoms with Gasteiger partial charge in [0.2, 0.25) is 0 Å². The average molecular weight is 250 g/mol. The number of likely N-dealkylation sites (tertiary alicyclic amines) is 1. The van der Waals surface area contributed by atoms with E-state index >= 15 is 0 Å². The van der Waals surface area contributed by atoms with Gasteiger partial charge in [-0.1, -0.05) is 6.92 Å². The molecule has 2 rings (SSSR count). The van der Waals surface area contributed by atoms with Crippen molar-refractivity contribution in [2.45, 2.75) is 39.8 Å². The number of hydrogen-bond acceptors (Lipinski definition) is 3. The maximum absolute atomic E-state index is 4.55. The van der Waals surface area contributed by atoms with Gasteiger partial charge >= 0.3 is 0 Å². The Morgan fingerprint density at radius 3 is 2.94 bits per heavy atom. The highest BCUT2D eigenvalue weighted by atomic mass is 15.3. The van der Waals surface area contributed by atoms with Crippen LogP contribution in [0.3, 0.4) is 0 Å². The SMILES string of the molecule is CCN1CCC(CNCc2ccn(C(C)C)n2)C1. The summed E-state index contributed by atoms with van der Waals surface area (Å²) in [4.78, 5) is 2.53. The summed E-state index contributed by atoms with van der Waals surface area (Å²) in [5.74, 6) is 0.817. The van der Waals surface area contributed by atoms with Crippen LogP contribution in [-0.4, -0.2) is 40.9 Å². The third kappa shape index (κ3) is 3.56. The van der Waals surface area contributed by atoms with Crippen molar-refractivity contribution >= 4 is 0 Å². The Labute approximate surface area is 110 Å². The first-order valence-electron chi connectivity index (χ1n) is 7.16. The fourth-order valence-electron chi connectivity index (χ4n) is 2.53. The molecular weight excluding hydrogens is 224 g/mol. The fourth-order valence-corrected chi connectivity index (χ4v) is 2.53. The van der Waals surface area contributed by atoms with Crippen molar-refractivity contribution in [1.82, 2.24) is 20.0 Å². The van der Waals surface area contributed by atoms with Gasteiger partial charge in [0, 0.05) is 25.3 Å². The monoisotopic (exact) mass is 250 g/mol. The molecular formula is C14H26N4. The molecule has 0 spiro atoms. The van der Waals surface area contributed by atoms with Crippen molar-refractivity contribution in [1.29, 1.82) is 0 Å². The minimum atomic E-state index is 0.451. The number of nitrogens with one attached hydrogen (secondary N) is 1.